The van der Waals surface area contributed by atoms with Gasteiger partial charge in [-0.25, -0.2) is 4.98 Å². The lowest BCUT2D eigenvalue weighted by atomic mass is 10.4. The Hall–Kier alpha value is -0.370. The summed E-state index contributed by atoms with van der Waals surface area (Å²) in [4.78, 5) is 5.04. The molecule has 0 saturated carbocycles. The van der Waals surface area contributed by atoms with Crippen LogP contribution in [0.1, 0.15) is 10.6 Å². The standard InChI is InChI=1S/C5H6NS/c1-4-5(2)7-3-6-4/h3H,2H2,1H3. The number of thiazole rings is 1. The molecule has 0 spiro atoms. The number of aryl methyl sites for hydroxylation is 1. The minimum absolute atomic E-state index is 1.05. The molecule has 7 heavy (non-hydrogen) atoms. The fraction of sp³-hybridized carbons (Fsp3) is 0.200. The van der Waals surface area contributed by atoms with Crippen LogP contribution in [0.25, 0.3) is 0 Å². The third-order valence-electron chi connectivity index (χ3n) is 0.845. The van der Waals surface area contributed by atoms with Crippen LogP contribution in [-0.4, -0.2) is 4.98 Å². The Bertz CT molecular complexity index is 140. The molecule has 0 aromatic carbocycles. The van der Waals surface area contributed by atoms with E-state index in [1.807, 2.05) is 6.92 Å². The number of nitrogens with zero attached hydrogens (tertiary/aromatic N) is 1. The summed E-state index contributed by atoms with van der Waals surface area (Å²) in [6.07, 6.45) is 0. The van der Waals surface area contributed by atoms with E-state index in [0.717, 1.165) is 10.6 Å². The molecule has 0 atom stereocenters. The fourth-order valence-electron chi connectivity index (χ4n) is 0.326. The van der Waals surface area contributed by atoms with E-state index in [2.05, 4.69) is 11.9 Å². The van der Waals surface area contributed by atoms with E-state index in [1.165, 1.54) is 0 Å². The lowest BCUT2D eigenvalue weighted by Gasteiger charge is -1.77. The molecule has 0 N–H and O–H groups in total. The number of hydrogen-bond acceptors (Lipinski definition) is 2. The number of aromatic nitrogens is 1. The van der Waals surface area contributed by atoms with Crippen LogP contribution in [0.4, 0.5) is 0 Å². The van der Waals surface area contributed by atoms with Gasteiger partial charge in [-0.1, -0.05) is 0 Å². The summed E-state index contributed by atoms with van der Waals surface area (Å²) in [6, 6.07) is 0. The van der Waals surface area contributed by atoms with Gasteiger partial charge in [0.2, 0.25) is 0 Å². The normalized spacial score (nSPS) is 9.43. The van der Waals surface area contributed by atoms with E-state index >= 15 is 0 Å². The Morgan fingerprint density at radius 1 is 1.86 bits per heavy atom. The SMILES string of the molecule is [CH2]c1scnc1C. The van der Waals surface area contributed by atoms with Crippen molar-refractivity contribution in [1.82, 2.24) is 4.98 Å². The van der Waals surface area contributed by atoms with Crippen molar-refractivity contribution >= 4 is 11.3 Å². The summed E-state index contributed by atoms with van der Waals surface area (Å²) in [5.74, 6) is 0. The van der Waals surface area contributed by atoms with Gasteiger partial charge in [-0.05, 0) is 13.8 Å². The van der Waals surface area contributed by atoms with Gasteiger partial charge in [0, 0.05) is 4.88 Å². The van der Waals surface area contributed by atoms with E-state index in [1.54, 1.807) is 16.8 Å². The second kappa shape index (κ2) is 1.62. The van der Waals surface area contributed by atoms with Gasteiger partial charge in [0.15, 0.2) is 0 Å². The maximum Gasteiger partial charge on any atom is 0.0797 e. The molecule has 1 radical (unpaired) electrons. The Balaban J connectivity index is 3.12. The van der Waals surface area contributed by atoms with Crippen LogP contribution in [-0.2, 0) is 0 Å². The van der Waals surface area contributed by atoms with Crippen LogP contribution in [0.3, 0.4) is 0 Å². The van der Waals surface area contributed by atoms with Gasteiger partial charge >= 0.3 is 0 Å². The number of rotatable bonds is 0. The molecule has 2 heteroatoms. The average molecular weight is 112 g/mol. The Morgan fingerprint density at radius 3 is 2.71 bits per heavy atom. The highest BCUT2D eigenvalue weighted by molar-refractivity contribution is 7.09. The topological polar surface area (TPSA) is 12.9 Å². The van der Waals surface area contributed by atoms with Crippen LogP contribution in [0.15, 0.2) is 5.51 Å². The molecule has 1 aromatic heterocycles. The fourth-order valence-corrected chi connectivity index (χ4v) is 0.888. The summed E-state index contributed by atoms with van der Waals surface area (Å²) >= 11 is 1.58. The monoisotopic (exact) mass is 112 g/mol. The van der Waals surface area contributed by atoms with Crippen LogP contribution in [0, 0.1) is 13.8 Å². The molecule has 37 valence electrons. The first-order chi connectivity index (χ1) is 3.30. The highest BCUT2D eigenvalue weighted by Crippen LogP contribution is 2.07. The third kappa shape index (κ3) is 0.800. The van der Waals surface area contributed by atoms with E-state index in [-0.39, 0.29) is 0 Å². The van der Waals surface area contributed by atoms with Gasteiger partial charge in [0.1, 0.15) is 0 Å². The molecule has 0 saturated heterocycles. The lowest BCUT2D eigenvalue weighted by Crippen LogP contribution is -1.68. The summed E-state index contributed by atoms with van der Waals surface area (Å²) < 4.78 is 0. The van der Waals surface area contributed by atoms with Gasteiger partial charge in [-0.3, -0.25) is 0 Å². The molecule has 0 aliphatic heterocycles. The zero-order valence-corrected chi connectivity index (χ0v) is 4.96. The minimum atomic E-state index is 1.05. The molecule has 1 nitrogen and oxygen atoms in total. The van der Waals surface area contributed by atoms with Crippen LogP contribution >= 0.6 is 11.3 Å². The smallest absolute Gasteiger partial charge is 0.0797 e. The van der Waals surface area contributed by atoms with Crippen molar-refractivity contribution in [2.45, 2.75) is 6.92 Å². The van der Waals surface area contributed by atoms with Gasteiger partial charge in [0.25, 0.3) is 0 Å². The molecule has 0 unspecified atom stereocenters. The first-order valence-electron chi connectivity index (χ1n) is 2.03. The summed E-state index contributed by atoms with van der Waals surface area (Å²) in [5, 5.41) is 0. The summed E-state index contributed by atoms with van der Waals surface area (Å²) in [7, 11) is 0. The molecule has 0 aliphatic rings. The molecule has 0 amide bonds. The van der Waals surface area contributed by atoms with Gasteiger partial charge < -0.3 is 0 Å². The van der Waals surface area contributed by atoms with Crippen molar-refractivity contribution in [2.24, 2.45) is 0 Å². The third-order valence-corrected chi connectivity index (χ3v) is 1.64. The molecule has 1 rings (SSSR count). The van der Waals surface area contributed by atoms with Crippen molar-refractivity contribution in [2.75, 3.05) is 0 Å². The predicted octanol–water partition coefficient (Wildman–Crippen LogP) is 1.63. The molecule has 0 aliphatic carbocycles. The van der Waals surface area contributed by atoms with Gasteiger partial charge in [-0.15, -0.1) is 11.3 Å². The first-order valence-corrected chi connectivity index (χ1v) is 2.90. The molecular formula is C5H6NS. The maximum atomic E-state index is 3.97. The molecular weight excluding hydrogens is 106 g/mol. The predicted molar refractivity (Wildman–Crippen MR) is 31.3 cm³/mol. The van der Waals surface area contributed by atoms with Gasteiger partial charge in [0.05, 0.1) is 11.2 Å². The number of hydrogen-bond donors (Lipinski definition) is 0. The highest BCUT2D eigenvalue weighted by Gasteiger charge is 1.89. The van der Waals surface area contributed by atoms with Crippen LogP contribution < -0.4 is 0 Å². The van der Waals surface area contributed by atoms with E-state index in [9.17, 15) is 0 Å². The van der Waals surface area contributed by atoms with Crippen molar-refractivity contribution < 1.29 is 0 Å². The zero-order chi connectivity index (χ0) is 5.28. The molecule has 0 bridgehead atoms. The van der Waals surface area contributed by atoms with Crippen LogP contribution in [0.5, 0.6) is 0 Å². The van der Waals surface area contributed by atoms with Crippen LogP contribution in [0.2, 0.25) is 0 Å². The van der Waals surface area contributed by atoms with Crippen molar-refractivity contribution in [3.63, 3.8) is 0 Å². The Kier molecular flexibility index (Phi) is 1.11. The molecule has 1 heterocycles. The minimum Gasteiger partial charge on any atom is -0.250 e. The molecule has 1 aromatic rings. The second-order valence-corrected chi connectivity index (χ2v) is 2.30. The lowest BCUT2D eigenvalue weighted by molar-refractivity contribution is 1.25. The van der Waals surface area contributed by atoms with Crippen molar-refractivity contribution in [3.05, 3.63) is 23.0 Å². The first kappa shape index (κ1) is 4.78. The quantitative estimate of drug-likeness (QED) is 0.497. The van der Waals surface area contributed by atoms with Gasteiger partial charge in [-0.2, -0.15) is 0 Å². The van der Waals surface area contributed by atoms with E-state index < -0.39 is 0 Å². The summed E-state index contributed by atoms with van der Waals surface area (Å²) in [5.41, 5.74) is 2.85. The zero-order valence-electron chi connectivity index (χ0n) is 4.14. The highest BCUT2D eigenvalue weighted by atomic mass is 32.1. The van der Waals surface area contributed by atoms with Crippen molar-refractivity contribution in [1.29, 1.82) is 0 Å². The molecule has 0 fully saturated rings. The maximum absolute atomic E-state index is 3.97. The van der Waals surface area contributed by atoms with Crippen molar-refractivity contribution in [3.8, 4) is 0 Å². The van der Waals surface area contributed by atoms with E-state index in [4.69, 9.17) is 0 Å². The average Bonchev–Trinajstić information content (AvgIpc) is 1.91. The Labute approximate surface area is 47.0 Å². The second-order valence-electron chi connectivity index (χ2n) is 1.36. The summed E-state index contributed by atoms with van der Waals surface area (Å²) in [6.45, 7) is 5.69. The Morgan fingerprint density at radius 2 is 2.57 bits per heavy atom. The van der Waals surface area contributed by atoms with E-state index in [0.29, 0.717) is 0 Å². The largest absolute Gasteiger partial charge is 0.250 e.